The lowest BCUT2D eigenvalue weighted by atomic mass is 9.85. The molecule has 0 aliphatic rings. The SMILES string of the molecule is CC[C@H](C)[C@H](C(=O)NCCc1cscn1)c1ccccc1. The van der Waals surface area contributed by atoms with Gasteiger partial charge in [-0.15, -0.1) is 11.3 Å². The molecule has 2 aromatic rings. The number of hydrogen-bond donors (Lipinski definition) is 1. The van der Waals surface area contributed by atoms with Gasteiger partial charge < -0.3 is 5.32 Å². The molecule has 3 nitrogen and oxygen atoms in total. The van der Waals surface area contributed by atoms with E-state index in [0.29, 0.717) is 12.5 Å². The molecule has 0 bridgehead atoms. The number of amides is 1. The Balaban J connectivity index is 1.98. The predicted molar refractivity (Wildman–Crippen MR) is 87.5 cm³/mol. The number of thiazole rings is 1. The van der Waals surface area contributed by atoms with Crippen molar-refractivity contribution in [3.8, 4) is 0 Å². The van der Waals surface area contributed by atoms with Gasteiger partial charge in [-0.05, 0) is 11.5 Å². The van der Waals surface area contributed by atoms with Crippen LogP contribution in [0, 0.1) is 5.92 Å². The Hall–Kier alpha value is -1.68. The Bertz CT molecular complexity index is 539. The minimum Gasteiger partial charge on any atom is -0.355 e. The molecule has 0 aliphatic carbocycles. The Morgan fingerprint density at radius 1 is 1.33 bits per heavy atom. The first-order valence-corrected chi connectivity index (χ1v) is 8.36. The zero-order chi connectivity index (χ0) is 15.1. The summed E-state index contributed by atoms with van der Waals surface area (Å²) >= 11 is 1.59. The molecule has 2 atom stereocenters. The maximum Gasteiger partial charge on any atom is 0.227 e. The molecule has 0 saturated carbocycles. The van der Waals surface area contributed by atoms with Crippen LogP contribution in [0.15, 0.2) is 41.2 Å². The van der Waals surface area contributed by atoms with Crippen LogP contribution in [0.25, 0.3) is 0 Å². The molecule has 2 rings (SSSR count). The van der Waals surface area contributed by atoms with E-state index in [9.17, 15) is 4.79 Å². The summed E-state index contributed by atoms with van der Waals surface area (Å²) in [7, 11) is 0. The molecule has 0 spiro atoms. The van der Waals surface area contributed by atoms with Crippen LogP contribution in [0.1, 0.15) is 37.4 Å². The van der Waals surface area contributed by atoms with Gasteiger partial charge in [0.05, 0.1) is 17.1 Å². The average molecular weight is 302 g/mol. The lowest BCUT2D eigenvalue weighted by Gasteiger charge is -2.22. The minimum atomic E-state index is -0.0772. The first kappa shape index (κ1) is 15.7. The summed E-state index contributed by atoms with van der Waals surface area (Å²) < 4.78 is 0. The van der Waals surface area contributed by atoms with Crippen molar-refractivity contribution in [2.24, 2.45) is 5.92 Å². The third-order valence-electron chi connectivity index (χ3n) is 3.82. The van der Waals surface area contributed by atoms with E-state index >= 15 is 0 Å². The van der Waals surface area contributed by atoms with E-state index in [0.717, 1.165) is 24.1 Å². The molecule has 1 aromatic carbocycles. The average Bonchev–Trinajstić information content (AvgIpc) is 3.01. The van der Waals surface area contributed by atoms with Gasteiger partial charge in [0, 0.05) is 18.3 Å². The summed E-state index contributed by atoms with van der Waals surface area (Å²) in [6.07, 6.45) is 1.77. The van der Waals surface area contributed by atoms with Gasteiger partial charge in [0.25, 0.3) is 0 Å². The smallest absolute Gasteiger partial charge is 0.227 e. The van der Waals surface area contributed by atoms with Gasteiger partial charge in [-0.1, -0.05) is 50.6 Å². The van der Waals surface area contributed by atoms with Crippen LogP contribution in [0.3, 0.4) is 0 Å². The number of benzene rings is 1. The molecule has 1 aromatic heterocycles. The molecule has 0 radical (unpaired) electrons. The van der Waals surface area contributed by atoms with E-state index in [2.05, 4.69) is 24.1 Å². The van der Waals surface area contributed by atoms with Crippen LogP contribution in [-0.4, -0.2) is 17.4 Å². The molecule has 21 heavy (non-hydrogen) atoms. The standard InChI is InChI=1S/C17H22N2OS/c1-3-13(2)16(14-7-5-4-6-8-14)17(20)18-10-9-15-11-21-12-19-15/h4-8,11-13,16H,3,9-10H2,1-2H3,(H,18,20)/t13-,16-/m0/s1. The zero-order valence-electron chi connectivity index (χ0n) is 12.6. The highest BCUT2D eigenvalue weighted by atomic mass is 32.1. The van der Waals surface area contributed by atoms with Crippen LogP contribution >= 0.6 is 11.3 Å². The summed E-state index contributed by atoms with van der Waals surface area (Å²) in [5, 5.41) is 5.08. The number of nitrogens with one attached hydrogen (secondary N) is 1. The maximum absolute atomic E-state index is 12.5. The summed E-state index contributed by atoms with van der Waals surface area (Å²) in [6, 6.07) is 10.0. The monoisotopic (exact) mass is 302 g/mol. The summed E-state index contributed by atoms with van der Waals surface area (Å²) in [5.74, 6) is 0.365. The van der Waals surface area contributed by atoms with Crippen molar-refractivity contribution in [3.63, 3.8) is 0 Å². The Morgan fingerprint density at radius 3 is 2.71 bits per heavy atom. The van der Waals surface area contributed by atoms with E-state index in [1.807, 2.05) is 41.2 Å². The summed E-state index contributed by atoms with van der Waals surface area (Å²) in [5.41, 5.74) is 3.96. The van der Waals surface area contributed by atoms with E-state index in [-0.39, 0.29) is 11.8 Å². The Morgan fingerprint density at radius 2 is 2.10 bits per heavy atom. The second kappa shape index (κ2) is 7.93. The highest BCUT2D eigenvalue weighted by molar-refractivity contribution is 7.07. The van der Waals surface area contributed by atoms with Crippen molar-refractivity contribution < 1.29 is 4.79 Å². The van der Waals surface area contributed by atoms with Gasteiger partial charge in [-0.25, -0.2) is 4.98 Å². The van der Waals surface area contributed by atoms with Crippen LogP contribution in [-0.2, 0) is 11.2 Å². The van der Waals surface area contributed by atoms with Crippen molar-refractivity contribution in [1.29, 1.82) is 0 Å². The lowest BCUT2D eigenvalue weighted by Crippen LogP contribution is -2.34. The second-order valence-corrected chi connectivity index (χ2v) is 6.01. The molecular formula is C17H22N2OS. The predicted octanol–water partition coefficient (Wildman–Crippen LogP) is 3.63. The minimum absolute atomic E-state index is 0.0772. The molecule has 0 aliphatic heterocycles. The molecular weight excluding hydrogens is 280 g/mol. The number of carbonyl (C=O) groups excluding carboxylic acids is 1. The third-order valence-corrected chi connectivity index (χ3v) is 4.45. The molecule has 1 amide bonds. The van der Waals surface area contributed by atoms with Crippen molar-refractivity contribution in [1.82, 2.24) is 10.3 Å². The van der Waals surface area contributed by atoms with Gasteiger partial charge in [-0.2, -0.15) is 0 Å². The molecule has 112 valence electrons. The van der Waals surface area contributed by atoms with Crippen LogP contribution in [0.4, 0.5) is 0 Å². The fourth-order valence-corrected chi connectivity index (χ4v) is 3.01. The lowest BCUT2D eigenvalue weighted by molar-refractivity contribution is -0.123. The third kappa shape index (κ3) is 4.39. The van der Waals surface area contributed by atoms with Crippen LogP contribution < -0.4 is 5.32 Å². The van der Waals surface area contributed by atoms with Gasteiger partial charge in [0.2, 0.25) is 5.91 Å². The van der Waals surface area contributed by atoms with Gasteiger partial charge in [0.1, 0.15) is 0 Å². The van der Waals surface area contributed by atoms with Crippen molar-refractivity contribution in [2.45, 2.75) is 32.6 Å². The molecule has 0 unspecified atom stereocenters. The largest absolute Gasteiger partial charge is 0.355 e. The van der Waals surface area contributed by atoms with Gasteiger partial charge in [-0.3, -0.25) is 4.79 Å². The molecule has 1 N–H and O–H groups in total. The number of hydrogen-bond acceptors (Lipinski definition) is 3. The highest BCUT2D eigenvalue weighted by Crippen LogP contribution is 2.27. The molecule has 0 fully saturated rings. The fourth-order valence-electron chi connectivity index (χ4n) is 2.42. The number of aromatic nitrogens is 1. The van der Waals surface area contributed by atoms with E-state index in [1.54, 1.807) is 11.3 Å². The topological polar surface area (TPSA) is 42.0 Å². The van der Waals surface area contributed by atoms with Crippen molar-refractivity contribution in [3.05, 3.63) is 52.5 Å². The number of carbonyl (C=O) groups is 1. The quantitative estimate of drug-likeness (QED) is 0.848. The molecule has 1 heterocycles. The van der Waals surface area contributed by atoms with Gasteiger partial charge in [0.15, 0.2) is 0 Å². The van der Waals surface area contributed by atoms with E-state index in [4.69, 9.17) is 0 Å². The first-order chi connectivity index (χ1) is 10.2. The van der Waals surface area contributed by atoms with E-state index < -0.39 is 0 Å². The fraction of sp³-hybridized carbons (Fsp3) is 0.412. The summed E-state index contributed by atoms with van der Waals surface area (Å²) in [4.78, 5) is 16.8. The van der Waals surface area contributed by atoms with Gasteiger partial charge >= 0.3 is 0 Å². The van der Waals surface area contributed by atoms with Crippen molar-refractivity contribution in [2.75, 3.05) is 6.54 Å². The zero-order valence-corrected chi connectivity index (χ0v) is 13.4. The molecule has 0 saturated heterocycles. The Kier molecular flexibility index (Phi) is 5.93. The van der Waals surface area contributed by atoms with Crippen molar-refractivity contribution >= 4 is 17.2 Å². The normalized spacial score (nSPS) is 13.6. The highest BCUT2D eigenvalue weighted by Gasteiger charge is 2.25. The van der Waals surface area contributed by atoms with Crippen LogP contribution in [0.5, 0.6) is 0 Å². The maximum atomic E-state index is 12.5. The first-order valence-electron chi connectivity index (χ1n) is 7.42. The number of nitrogens with zero attached hydrogens (tertiary/aromatic N) is 1. The van der Waals surface area contributed by atoms with E-state index in [1.165, 1.54) is 0 Å². The van der Waals surface area contributed by atoms with Crippen LogP contribution in [0.2, 0.25) is 0 Å². The number of rotatable bonds is 7. The Labute approximate surface area is 130 Å². The molecule has 4 heteroatoms. The second-order valence-electron chi connectivity index (χ2n) is 5.29. The summed E-state index contributed by atoms with van der Waals surface area (Å²) in [6.45, 7) is 4.91.